The molecule has 1 aromatic heterocycles. The molecule has 0 unspecified atom stereocenters. The van der Waals surface area contributed by atoms with E-state index in [9.17, 15) is 9.90 Å². The SMILES string of the molecule is CC(C)(O)c1nc2ccccc2n1CCC(=O)N1CCCCCC1. The van der Waals surface area contributed by atoms with Gasteiger partial charge in [-0.3, -0.25) is 4.79 Å². The van der Waals surface area contributed by atoms with Gasteiger partial charge < -0.3 is 14.6 Å². The minimum absolute atomic E-state index is 0.205. The molecule has 1 saturated heterocycles. The van der Waals surface area contributed by atoms with E-state index in [2.05, 4.69) is 4.98 Å². The first-order valence-electron chi connectivity index (χ1n) is 8.93. The fourth-order valence-corrected chi connectivity index (χ4v) is 3.45. The molecule has 5 heteroatoms. The number of carbonyl (C=O) groups is 1. The number of hydrogen-bond donors (Lipinski definition) is 1. The Labute approximate surface area is 143 Å². The summed E-state index contributed by atoms with van der Waals surface area (Å²) in [5, 5.41) is 10.4. The molecule has 2 aromatic rings. The van der Waals surface area contributed by atoms with Crippen LogP contribution in [0.5, 0.6) is 0 Å². The first kappa shape index (κ1) is 17.0. The number of likely N-dealkylation sites (tertiary alicyclic amines) is 1. The van der Waals surface area contributed by atoms with Gasteiger partial charge in [-0.05, 0) is 38.8 Å². The Bertz CT molecular complexity index is 707. The molecule has 0 atom stereocenters. The molecule has 1 aliphatic heterocycles. The number of carbonyl (C=O) groups excluding carboxylic acids is 1. The molecule has 0 radical (unpaired) electrons. The lowest BCUT2D eigenvalue weighted by Crippen LogP contribution is -2.33. The number of amides is 1. The fourth-order valence-electron chi connectivity index (χ4n) is 3.45. The van der Waals surface area contributed by atoms with Crippen molar-refractivity contribution in [2.24, 2.45) is 0 Å². The summed E-state index contributed by atoms with van der Waals surface area (Å²) in [5.41, 5.74) is 0.792. The molecule has 0 spiro atoms. The molecular formula is C19H27N3O2. The number of benzene rings is 1. The van der Waals surface area contributed by atoms with Crippen LogP contribution in [0.25, 0.3) is 11.0 Å². The highest BCUT2D eigenvalue weighted by molar-refractivity contribution is 5.78. The summed E-state index contributed by atoms with van der Waals surface area (Å²) in [5.74, 6) is 0.823. The molecule has 5 nitrogen and oxygen atoms in total. The number of nitrogens with zero attached hydrogens (tertiary/aromatic N) is 3. The van der Waals surface area contributed by atoms with Gasteiger partial charge in [-0.15, -0.1) is 0 Å². The van der Waals surface area contributed by atoms with Crippen LogP contribution in [0.2, 0.25) is 0 Å². The quantitative estimate of drug-likeness (QED) is 0.938. The Morgan fingerprint density at radius 1 is 1.17 bits per heavy atom. The van der Waals surface area contributed by atoms with Gasteiger partial charge in [0.15, 0.2) is 0 Å². The van der Waals surface area contributed by atoms with Crippen molar-refractivity contribution < 1.29 is 9.90 Å². The summed E-state index contributed by atoms with van der Waals surface area (Å²) in [6.45, 7) is 5.78. The van der Waals surface area contributed by atoms with Crippen molar-refractivity contribution in [3.63, 3.8) is 0 Å². The zero-order chi connectivity index (χ0) is 17.2. The van der Waals surface area contributed by atoms with Crippen molar-refractivity contribution >= 4 is 16.9 Å². The zero-order valence-corrected chi connectivity index (χ0v) is 14.7. The third kappa shape index (κ3) is 3.61. The second-order valence-corrected chi connectivity index (χ2v) is 7.18. The monoisotopic (exact) mass is 329 g/mol. The highest BCUT2D eigenvalue weighted by Crippen LogP contribution is 2.25. The van der Waals surface area contributed by atoms with Gasteiger partial charge in [0.25, 0.3) is 0 Å². The van der Waals surface area contributed by atoms with E-state index in [0.717, 1.165) is 37.0 Å². The molecule has 130 valence electrons. The number of aryl methyl sites for hydroxylation is 1. The van der Waals surface area contributed by atoms with Crippen LogP contribution >= 0.6 is 0 Å². The van der Waals surface area contributed by atoms with Gasteiger partial charge in [-0.1, -0.05) is 25.0 Å². The molecular weight excluding hydrogens is 302 g/mol. The molecule has 1 aromatic carbocycles. The van der Waals surface area contributed by atoms with E-state index in [0.29, 0.717) is 18.8 Å². The predicted octanol–water partition coefficient (Wildman–Crippen LogP) is 3.06. The Morgan fingerprint density at radius 3 is 2.50 bits per heavy atom. The van der Waals surface area contributed by atoms with Gasteiger partial charge in [0.2, 0.25) is 5.91 Å². The second kappa shape index (κ2) is 6.93. The molecule has 0 saturated carbocycles. The number of imidazole rings is 1. The standard InChI is InChI=1S/C19H27N3O2/c1-19(2,24)18-20-15-9-5-6-10-16(15)22(18)14-11-17(23)21-12-7-3-4-8-13-21/h5-6,9-10,24H,3-4,7-8,11-14H2,1-2H3. The van der Waals surface area contributed by atoms with Crippen LogP contribution in [0.3, 0.4) is 0 Å². The first-order valence-corrected chi connectivity index (χ1v) is 8.93. The van der Waals surface area contributed by atoms with Crippen LogP contribution in [-0.2, 0) is 16.9 Å². The van der Waals surface area contributed by atoms with Gasteiger partial charge in [-0.2, -0.15) is 0 Å². The molecule has 0 aliphatic carbocycles. The molecule has 1 aliphatic rings. The van der Waals surface area contributed by atoms with E-state index >= 15 is 0 Å². The number of aromatic nitrogens is 2. The van der Waals surface area contributed by atoms with Crippen molar-refractivity contribution in [3.05, 3.63) is 30.1 Å². The lowest BCUT2D eigenvalue weighted by Gasteiger charge is -2.22. The number of para-hydroxylation sites is 2. The third-order valence-corrected chi connectivity index (χ3v) is 4.71. The first-order chi connectivity index (χ1) is 11.5. The van der Waals surface area contributed by atoms with Crippen LogP contribution in [0.1, 0.15) is 51.8 Å². The van der Waals surface area contributed by atoms with Crippen molar-refractivity contribution in [3.8, 4) is 0 Å². The Balaban J connectivity index is 1.80. The number of aliphatic hydroxyl groups is 1. The van der Waals surface area contributed by atoms with E-state index in [-0.39, 0.29) is 5.91 Å². The van der Waals surface area contributed by atoms with Crippen molar-refractivity contribution in [1.29, 1.82) is 0 Å². The van der Waals surface area contributed by atoms with E-state index in [1.807, 2.05) is 33.7 Å². The smallest absolute Gasteiger partial charge is 0.224 e. The highest BCUT2D eigenvalue weighted by atomic mass is 16.3. The Kier molecular flexibility index (Phi) is 4.90. The average Bonchev–Trinajstić information content (AvgIpc) is 2.72. The topological polar surface area (TPSA) is 58.4 Å². The summed E-state index contributed by atoms with van der Waals surface area (Å²) in [7, 11) is 0. The normalized spacial score (nSPS) is 16.4. The van der Waals surface area contributed by atoms with Crippen molar-refractivity contribution in [1.82, 2.24) is 14.5 Å². The molecule has 1 fully saturated rings. The minimum Gasteiger partial charge on any atom is -0.383 e. The maximum atomic E-state index is 12.6. The van der Waals surface area contributed by atoms with E-state index < -0.39 is 5.60 Å². The van der Waals surface area contributed by atoms with Crippen LogP contribution in [0, 0.1) is 0 Å². The van der Waals surface area contributed by atoms with Crippen LogP contribution < -0.4 is 0 Å². The number of fused-ring (bicyclic) bond motifs is 1. The lowest BCUT2D eigenvalue weighted by molar-refractivity contribution is -0.131. The van der Waals surface area contributed by atoms with Gasteiger partial charge >= 0.3 is 0 Å². The van der Waals surface area contributed by atoms with E-state index in [1.54, 1.807) is 13.8 Å². The average molecular weight is 329 g/mol. The Morgan fingerprint density at radius 2 is 1.83 bits per heavy atom. The summed E-state index contributed by atoms with van der Waals surface area (Å²) in [4.78, 5) is 19.1. The van der Waals surface area contributed by atoms with Crippen molar-refractivity contribution in [2.45, 2.75) is 58.1 Å². The van der Waals surface area contributed by atoms with Crippen LogP contribution in [0.4, 0.5) is 0 Å². The van der Waals surface area contributed by atoms with Crippen LogP contribution in [-0.4, -0.2) is 38.6 Å². The molecule has 0 bridgehead atoms. The molecule has 1 N–H and O–H groups in total. The van der Waals surface area contributed by atoms with Gasteiger partial charge in [0.05, 0.1) is 11.0 Å². The Hall–Kier alpha value is -1.88. The van der Waals surface area contributed by atoms with Crippen LogP contribution in [0.15, 0.2) is 24.3 Å². The van der Waals surface area contributed by atoms with Gasteiger partial charge in [0, 0.05) is 26.1 Å². The van der Waals surface area contributed by atoms with E-state index in [4.69, 9.17) is 0 Å². The maximum absolute atomic E-state index is 12.6. The van der Waals surface area contributed by atoms with Gasteiger partial charge in [-0.25, -0.2) is 4.98 Å². The number of hydrogen-bond acceptors (Lipinski definition) is 3. The predicted molar refractivity (Wildman–Crippen MR) is 94.6 cm³/mol. The molecule has 24 heavy (non-hydrogen) atoms. The van der Waals surface area contributed by atoms with Crippen molar-refractivity contribution in [2.75, 3.05) is 13.1 Å². The van der Waals surface area contributed by atoms with E-state index in [1.165, 1.54) is 12.8 Å². The second-order valence-electron chi connectivity index (χ2n) is 7.18. The van der Waals surface area contributed by atoms with Gasteiger partial charge in [0.1, 0.15) is 11.4 Å². The number of rotatable bonds is 4. The fraction of sp³-hybridized carbons (Fsp3) is 0.579. The summed E-state index contributed by atoms with van der Waals surface area (Å²) in [6, 6.07) is 7.84. The summed E-state index contributed by atoms with van der Waals surface area (Å²) >= 11 is 0. The third-order valence-electron chi connectivity index (χ3n) is 4.71. The maximum Gasteiger partial charge on any atom is 0.224 e. The molecule has 3 rings (SSSR count). The summed E-state index contributed by atoms with van der Waals surface area (Å²) in [6.07, 6.45) is 5.10. The zero-order valence-electron chi connectivity index (χ0n) is 14.7. The largest absolute Gasteiger partial charge is 0.383 e. The molecule has 1 amide bonds. The lowest BCUT2D eigenvalue weighted by atomic mass is 10.1. The highest BCUT2D eigenvalue weighted by Gasteiger charge is 2.25. The summed E-state index contributed by atoms with van der Waals surface area (Å²) < 4.78 is 1.99. The molecule has 2 heterocycles. The minimum atomic E-state index is -1.04.